The van der Waals surface area contributed by atoms with Crippen LogP contribution in [0.4, 0.5) is 11.4 Å². The van der Waals surface area contributed by atoms with E-state index in [0.29, 0.717) is 35.1 Å². The van der Waals surface area contributed by atoms with Crippen molar-refractivity contribution in [1.29, 1.82) is 0 Å². The number of carbonyl (C=O) groups excluding carboxylic acids is 2. The molecule has 0 spiro atoms. The predicted octanol–water partition coefficient (Wildman–Crippen LogP) is 6.22. The Labute approximate surface area is 201 Å². The molecule has 34 heavy (non-hydrogen) atoms. The molecule has 0 radical (unpaired) electrons. The van der Waals surface area contributed by atoms with Gasteiger partial charge in [0, 0.05) is 5.69 Å². The van der Waals surface area contributed by atoms with Crippen LogP contribution in [0.5, 0.6) is 5.75 Å². The standard InChI is InChI=1S/C29H30N2O3/c1-6-34-24-15-11-22(12-16-24)26-27(30-23-13-9-21(10-14-23)18(2)3)29(33)31(28(26)32)25-17-19(4)7-8-20(25)5/h7-18,30H,6H2,1-5H3. The van der Waals surface area contributed by atoms with E-state index in [2.05, 4.69) is 19.2 Å². The molecule has 5 nitrogen and oxygen atoms in total. The van der Waals surface area contributed by atoms with Crippen LogP contribution in [-0.4, -0.2) is 18.4 Å². The largest absolute Gasteiger partial charge is 0.494 e. The van der Waals surface area contributed by atoms with E-state index in [9.17, 15) is 9.59 Å². The van der Waals surface area contributed by atoms with Gasteiger partial charge in [-0.1, -0.05) is 50.2 Å². The Morgan fingerprint density at radius 1 is 0.882 bits per heavy atom. The van der Waals surface area contributed by atoms with Crippen molar-refractivity contribution in [1.82, 2.24) is 0 Å². The van der Waals surface area contributed by atoms with E-state index < -0.39 is 0 Å². The highest BCUT2D eigenvalue weighted by atomic mass is 16.5. The number of carbonyl (C=O) groups is 2. The van der Waals surface area contributed by atoms with Gasteiger partial charge in [0.05, 0.1) is 17.9 Å². The molecule has 4 rings (SSSR count). The van der Waals surface area contributed by atoms with E-state index in [1.165, 1.54) is 10.5 Å². The molecule has 1 N–H and O–H groups in total. The minimum atomic E-state index is -0.365. The quantitative estimate of drug-likeness (QED) is 0.431. The van der Waals surface area contributed by atoms with Crippen LogP contribution in [0.3, 0.4) is 0 Å². The number of hydrogen-bond acceptors (Lipinski definition) is 4. The number of benzene rings is 3. The fourth-order valence-electron chi connectivity index (χ4n) is 4.07. The van der Waals surface area contributed by atoms with Gasteiger partial charge in [-0.15, -0.1) is 0 Å². The van der Waals surface area contributed by atoms with Gasteiger partial charge >= 0.3 is 0 Å². The summed E-state index contributed by atoms with van der Waals surface area (Å²) in [6.07, 6.45) is 0. The van der Waals surface area contributed by atoms with Gasteiger partial charge in [-0.25, -0.2) is 4.90 Å². The van der Waals surface area contributed by atoms with Crippen molar-refractivity contribution in [3.63, 3.8) is 0 Å². The molecule has 3 aromatic carbocycles. The van der Waals surface area contributed by atoms with E-state index in [-0.39, 0.29) is 17.5 Å². The highest BCUT2D eigenvalue weighted by molar-refractivity contribution is 6.46. The topological polar surface area (TPSA) is 58.6 Å². The fraction of sp³-hybridized carbons (Fsp3) is 0.241. The van der Waals surface area contributed by atoms with Crippen LogP contribution in [0.1, 0.15) is 48.9 Å². The molecule has 0 aliphatic carbocycles. The number of anilines is 2. The van der Waals surface area contributed by atoms with E-state index in [1.807, 2.05) is 87.5 Å². The van der Waals surface area contributed by atoms with Gasteiger partial charge in [-0.3, -0.25) is 9.59 Å². The third kappa shape index (κ3) is 4.46. The molecule has 5 heteroatoms. The molecule has 0 aromatic heterocycles. The average Bonchev–Trinajstić information content (AvgIpc) is 3.06. The van der Waals surface area contributed by atoms with Crippen LogP contribution in [-0.2, 0) is 9.59 Å². The van der Waals surface area contributed by atoms with Gasteiger partial charge in [-0.05, 0) is 79.3 Å². The maximum atomic E-state index is 13.7. The SMILES string of the molecule is CCOc1ccc(C2=C(Nc3ccc(C(C)C)cc3)C(=O)N(c3cc(C)ccc3C)C2=O)cc1. The molecule has 0 unspecified atom stereocenters. The van der Waals surface area contributed by atoms with Gasteiger partial charge in [0.2, 0.25) is 0 Å². The zero-order valence-electron chi connectivity index (χ0n) is 20.3. The molecular weight excluding hydrogens is 424 g/mol. The molecule has 3 aromatic rings. The second kappa shape index (κ2) is 9.56. The van der Waals surface area contributed by atoms with Gasteiger partial charge in [0.1, 0.15) is 11.4 Å². The van der Waals surface area contributed by atoms with Crippen LogP contribution in [0.25, 0.3) is 5.57 Å². The maximum absolute atomic E-state index is 13.7. The number of nitrogens with zero attached hydrogens (tertiary/aromatic N) is 1. The number of hydrogen-bond donors (Lipinski definition) is 1. The van der Waals surface area contributed by atoms with Crippen molar-refractivity contribution >= 4 is 28.8 Å². The molecule has 0 bridgehead atoms. The minimum Gasteiger partial charge on any atom is -0.494 e. The number of imide groups is 1. The number of amides is 2. The highest BCUT2D eigenvalue weighted by Crippen LogP contribution is 2.36. The van der Waals surface area contributed by atoms with Gasteiger partial charge in [0.25, 0.3) is 11.8 Å². The van der Waals surface area contributed by atoms with E-state index in [1.54, 1.807) is 0 Å². The van der Waals surface area contributed by atoms with Crippen molar-refractivity contribution in [3.05, 3.63) is 94.7 Å². The lowest BCUT2D eigenvalue weighted by Crippen LogP contribution is -2.33. The summed E-state index contributed by atoms with van der Waals surface area (Å²) in [5.41, 5.74) is 5.69. The molecule has 0 atom stereocenters. The molecule has 0 fully saturated rings. The van der Waals surface area contributed by atoms with Crippen LogP contribution in [0.2, 0.25) is 0 Å². The van der Waals surface area contributed by atoms with Crippen molar-refractivity contribution < 1.29 is 14.3 Å². The highest BCUT2D eigenvalue weighted by Gasteiger charge is 2.40. The molecule has 174 valence electrons. The predicted molar refractivity (Wildman–Crippen MR) is 137 cm³/mol. The van der Waals surface area contributed by atoms with Crippen LogP contribution in [0, 0.1) is 13.8 Å². The summed E-state index contributed by atoms with van der Waals surface area (Å²) in [7, 11) is 0. The molecule has 0 saturated heterocycles. The van der Waals surface area contributed by atoms with Crippen molar-refractivity contribution in [3.8, 4) is 5.75 Å². The maximum Gasteiger partial charge on any atom is 0.282 e. The summed E-state index contributed by atoms with van der Waals surface area (Å²) in [4.78, 5) is 28.7. The van der Waals surface area contributed by atoms with Crippen molar-refractivity contribution in [2.45, 2.75) is 40.5 Å². The molecule has 0 saturated carbocycles. The third-order valence-electron chi connectivity index (χ3n) is 5.99. The molecule has 1 aliphatic heterocycles. The van der Waals surface area contributed by atoms with Gasteiger partial charge in [-0.2, -0.15) is 0 Å². The molecule has 1 heterocycles. The van der Waals surface area contributed by atoms with Crippen LogP contribution >= 0.6 is 0 Å². The molecule has 1 aliphatic rings. The summed E-state index contributed by atoms with van der Waals surface area (Å²) >= 11 is 0. The Morgan fingerprint density at radius 3 is 2.18 bits per heavy atom. The lowest BCUT2D eigenvalue weighted by molar-refractivity contribution is -0.120. The first-order valence-corrected chi connectivity index (χ1v) is 11.6. The molecule has 2 amide bonds. The second-order valence-electron chi connectivity index (χ2n) is 8.84. The number of nitrogens with one attached hydrogen (secondary N) is 1. The zero-order valence-corrected chi connectivity index (χ0v) is 20.3. The average molecular weight is 455 g/mol. The zero-order chi connectivity index (χ0) is 24.4. The first kappa shape index (κ1) is 23.3. The fourth-order valence-corrected chi connectivity index (χ4v) is 4.07. The monoisotopic (exact) mass is 454 g/mol. The Balaban J connectivity index is 1.79. The summed E-state index contributed by atoms with van der Waals surface area (Å²) in [5.74, 6) is 0.413. The summed E-state index contributed by atoms with van der Waals surface area (Å²) in [6, 6.07) is 21.0. The number of rotatable bonds is 7. The summed E-state index contributed by atoms with van der Waals surface area (Å²) < 4.78 is 5.55. The van der Waals surface area contributed by atoms with Crippen molar-refractivity contribution in [2.24, 2.45) is 0 Å². The summed E-state index contributed by atoms with van der Waals surface area (Å²) in [5, 5.41) is 3.25. The number of aryl methyl sites for hydroxylation is 2. The lowest BCUT2D eigenvalue weighted by Gasteiger charge is -2.18. The minimum absolute atomic E-state index is 0.271. The smallest absolute Gasteiger partial charge is 0.282 e. The van der Waals surface area contributed by atoms with Gasteiger partial charge < -0.3 is 10.1 Å². The van der Waals surface area contributed by atoms with E-state index in [0.717, 1.165) is 16.8 Å². The van der Waals surface area contributed by atoms with E-state index >= 15 is 0 Å². The number of ether oxygens (including phenoxy) is 1. The summed E-state index contributed by atoms with van der Waals surface area (Å²) in [6.45, 7) is 10.6. The first-order chi connectivity index (χ1) is 16.3. The Morgan fingerprint density at radius 2 is 1.56 bits per heavy atom. The van der Waals surface area contributed by atoms with Crippen LogP contribution in [0.15, 0.2) is 72.4 Å². The Kier molecular flexibility index (Phi) is 6.55. The molecular formula is C29H30N2O3. The third-order valence-corrected chi connectivity index (χ3v) is 5.99. The van der Waals surface area contributed by atoms with E-state index in [4.69, 9.17) is 4.74 Å². The lowest BCUT2D eigenvalue weighted by atomic mass is 10.0. The normalized spacial score (nSPS) is 13.8. The van der Waals surface area contributed by atoms with Crippen molar-refractivity contribution in [2.75, 3.05) is 16.8 Å². The Hall–Kier alpha value is -3.86. The Bertz CT molecular complexity index is 1260. The first-order valence-electron chi connectivity index (χ1n) is 11.6. The van der Waals surface area contributed by atoms with Gasteiger partial charge in [0.15, 0.2) is 0 Å². The van der Waals surface area contributed by atoms with Crippen LogP contribution < -0.4 is 15.0 Å². The second-order valence-corrected chi connectivity index (χ2v) is 8.84.